The zero-order valence-electron chi connectivity index (χ0n) is 8.13. The first kappa shape index (κ1) is 9.01. The Morgan fingerprint density at radius 3 is 2.62 bits per heavy atom. The molecule has 2 rings (SSSR count). The molecule has 1 nitrogen and oxygen atoms in total. The number of allylic oxidation sites excluding steroid dienone is 1. The molecule has 1 spiro atoms. The van der Waals surface area contributed by atoms with E-state index in [0.29, 0.717) is 0 Å². The standard InChI is InChI=1S/C12H18O/c1-2-12(13)10-6-9-11(12)7-4-3-5-8-11/h2,4,7,13H,1,3,5-6,8-10H2. The minimum Gasteiger partial charge on any atom is -0.385 e. The van der Waals surface area contributed by atoms with Gasteiger partial charge in [0, 0.05) is 5.41 Å². The van der Waals surface area contributed by atoms with E-state index in [2.05, 4.69) is 18.7 Å². The van der Waals surface area contributed by atoms with Crippen LogP contribution < -0.4 is 0 Å². The lowest BCUT2D eigenvalue weighted by Crippen LogP contribution is -2.41. The van der Waals surface area contributed by atoms with Gasteiger partial charge in [-0.2, -0.15) is 0 Å². The van der Waals surface area contributed by atoms with E-state index in [1.165, 1.54) is 12.8 Å². The van der Waals surface area contributed by atoms with Crippen LogP contribution in [0.3, 0.4) is 0 Å². The Morgan fingerprint density at radius 1 is 1.23 bits per heavy atom. The number of hydrogen-bond acceptors (Lipinski definition) is 1. The van der Waals surface area contributed by atoms with Gasteiger partial charge in [-0.1, -0.05) is 18.2 Å². The molecule has 72 valence electrons. The van der Waals surface area contributed by atoms with Crippen molar-refractivity contribution >= 4 is 0 Å². The van der Waals surface area contributed by atoms with E-state index in [9.17, 15) is 5.11 Å². The minimum absolute atomic E-state index is 0.0347. The molecule has 0 saturated heterocycles. The fourth-order valence-electron chi connectivity index (χ4n) is 2.94. The number of hydrogen-bond donors (Lipinski definition) is 1. The molecule has 0 aromatic rings. The van der Waals surface area contributed by atoms with E-state index >= 15 is 0 Å². The quantitative estimate of drug-likeness (QED) is 0.612. The van der Waals surface area contributed by atoms with Gasteiger partial charge in [-0.25, -0.2) is 0 Å². The molecule has 0 radical (unpaired) electrons. The Balaban J connectivity index is 2.34. The van der Waals surface area contributed by atoms with Gasteiger partial charge in [-0.05, 0) is 38.5 Å². The molecule has 1 fully saturated rings. The van der Waals surface area contributed by atoms with Crippen LogP contribution in [0, 0.1) is 5.41 Å². The summed E-state index contributed by atoms with van der Waals surface area (Å²) in [5.74, 6) is 0. The second-order valence-electron chi connectivity index (χ2n) is 4.43. The van der Waals surface area contributed by atoms with Gasteiger partial charge in [0.25, 0.3) is 0 Å². The molecule has 1 N–H and O–H groups in total. The van der Waals surface area contributed by atoms with Crippen LogP contribution in [0.5, 0.6) is 0 Å². The molecule has 0 heterocycles. The second kappa shape index (κ2) is 2.98. The predicted octanol–water partition coefficient (Wildman–Crippen LogP) is 2.81. The van der Waals surface area contributed by atoms with Crippen LogP contribution in [0.15, 0.2) is 24.8 Å². The van der Waals surface area contributed by atoms with Crippen molar-refractivity contribution in [2.24, 2.45) is 5.41 Å². The molecule has 0 aromatic heterocycles. The van der Waals surface area contributed by atoms with Crippen LogP contribution in [-0.2, 0) is 0 Å². The van der Waals surface area contributed by atoms with E-state index in [0.717, 1.165) is 25.7 Å². The van der Waals surface area contributed by atoms with E-state index in [1.807, 2.05) is 0 Å². The van der Waals surface area contributed by atoms with E-state index < -0.39 is 5.60 Å². The van der Waals surface area contributed by atoms with Crippen molar-refractivity contribution in [3.63, 3.8) is 0 Å². The number of rotatable bonds is 1. The highest BCUT2D eigenvalue weighted by Crippen LogP contribution is 2.52. The third-order valence-electron chi connectivity index (χ3n) is 3.81. The van der Waals surface area contributed by atoms with Crippen LogP contribution in [0.25, 0.3) is 0 Å². The van der Waals surface area contributed by atoms with Gasteiger partial charge in [-0.15, -0.1) is 6.58 Å². The smallest absolute Gasteiger partial charge is 0.0915 e. The Hall–Kier alpha value is -0.560. The van der Waals surface area contributed by atoms with Gasteiger partial charge < -0.3 is 5.11 Å². The summed E-state index contributed by atoms with van der Waals surface area (Å²) in [5.41, 5.74) is -0.586. The molecule has 2 atom stereocenters. The molecule has 1 saturated carbocycles. The summed E-state index contributed by atoms with van der Waals surface area (Å²) >= 11 is 0. The molecular formula is C12H18O. The molecule has 1 heteroatoms. The van der Waals surface area contributed by atoms with Gasteiger partial charge in [0.15, 0.2) is 0 Å². The Kier molecular flexibility index (Phi) is 2.07. The first-order valence-electron chi connectivity index (χ1n) is 5.26. The topological polar surface area (TPSA) is 20.2 Å². The second-order valence-corrected chi connectivity index (χ2v) is 4.43. The maximum Gasteiger partial charge on any atom is 0.0915 e. The summed E-state index contributed by atoms with van der Waals surface area (Å²) < 4.78 is 0. The van der Waals surface area contributed by atoms with Crippen molar-refractivity contribution in [3.8, 4) is 0 Å². The van der Waals surface area contributed by atoms with Gasteiger partial charge in [0.2, 0.25) is 0 Å². The van der Waals surface area contributed by atoms with E-state index in [1.54, 1.807) is 6.08 Å². The van der Waals surface area contributed by atoms with Crippen molar-refractivity contribution in [1.82, 2.24) is 0 Å². The molecule has 13 heavy (non-hydrogen) atoms. The van der Waals surface area contributed by atoms with Crippen LogP contribution in [0.2, 0.25) is 0 Å². The lowest BCUT2D eigenvalue weighted by molar-refractivity contribution is 0.00151. The largest absolute Gasteiger partial charge is 0.385 e. The first-order chi connectivity index (χ1) is 6.22. The monoisotopic (exact) mass is 178 g/mol. The van der Waals surface area contributed by atoms with Gasteiger partial charge >= 0.3 is 0 Å². The third kappa shape index (κ3) is 1.18. The van der Waals surface area contributed by atoms with Crippen LogP contribution in [-0.4, -0.2) is 10.7 Å². The minimum atomic E-state index is -0.621. The van der Waals surface area contributed by atoms with Crippen molar-refractivity contribution in [2.45, 2.75) is 44.1 Å². The third-order valence-corrected chi connectivity index (χ3v) is 3.81. The summed E-state index contributed by atoms with van der Waals surface area (Å²) in [5, 5.41) is 10.4. The summed E-state index contributed by atoms with van der Waals surface area (Å²) in [6.45, 7) is 3.78. The number of aliphatic hydroxyl groups is 1. The van der Waals surface area contributed by atoms with E-state index in [-0.39, 0.29) is 5.41 Å². The summed E-state index contributed by atoms with van der Waals surface area (Å²) in [7, 11) is 0. The molecular weight excluding hydrogens is 160 g/mol. The highest BCUT2D eigenvalue weighted by atomic mass is 16.3. The molecule has 2 unspecified atom stereocenters. The SMILES string of the molecule is C=CC1(O)CCCC12C=CCCC2. The van der Waals surface area contributed by atoms with Crippen molar-refractivity contribution in [2.75, 3.05) is 0 Å². The van der Waals surface area contributed by atoms with Gasteiger partial charge in [0.1, 0.15) is 0 Å². The lowest BCUT2D eigenvalue weighted by Gasteiger charge is -2.40. The van der Waals surface area contributed by atoms with E-state index in [4.69, 9.17) is 0 Å². The Morgan fingerprint density at radius 2 is 2.00 bits per heavy atom. The summed E-state index contributed by atoms with van der Waals surface area (Å²) in [4.78, 5) is 0. The van der Waals surface area contributed by atoms with Gasteiger partial charge in [0.05, 0.1) is 5.60 Å². The zero-order valence-corrected chi connectivity index (χ0v) is 8.13. The summed E-state index contributed by atoms with van der Waals surface area (Å²) in [6, 6.07) is 0. The maximum atomic E-state index is 10.4. The lowest BCUT2D eigenvalue weighted by atomic mass is 9.68. The zero-order chi connectivity index (χ0) is 9.36. The Bertz CT molecular complexity index is 244. The summed E-state index contributed by atoms with van der Waals surface area (Å²) in [6.07, 6.45) is 12.9. The predicted molar refractivity (Wildman–Crippen MR) is 54.4 cm³/mol. The van der Waals surface area contributed by atoms with Crippen molar-refractivity contribution in [3.05, 3.63) is 24.8 Å². The first-order valence-corrected chi connectivity index (χ1v) is 5.26. The molecule has 0 aliphatic heterocycles. The molecule has 0 bridgehead atoms. The normalized spacial score (nSPS) is 44.1. The highest BCUT2D eigenvalue weighted by molar-refractivity contribution is 5.21. The fraction of sp³-hybridized carbons (Fsp3) is 0.667. The van der Waals surface area contributed by atoms with Crippen molar-refractivity contribution < 1.29 is 5.11 Å². The van der Waals surface area contributed by atoms with Crippen LogP contribution in [0.1, 0.15) is 38.5 Å². The van der Waals surface area contributed by atoms with Crippen LogP contribution in [0.4, 0.5) is 0 Å². The van der Waals surface area contributed by atoms with Crippen LogP contribution >= 0.6 is 0 Å². The highest BCUT2D eigenvalue weighted by Gasteiger charge is 2.50. The molecule has 0 amide bonds. The maximum absolute atomic E-state index is 10.4. The molecule has 0 aromatic carbocycles. The fourth-order valence-corrected chi connectivity index (χ4v) is 2.94. The average molecular weight is 178 g/mol. The Labute approximate surface area is 80.2 Å². The average Bonchev–Trinajstić information content (AvgIpc) is 2.47. The van der Waals surface area contributed by atoms with Crippen molar-refractivity contribution in [1.29, 1.82) is 0 Å². The van der Waals surface area contributed by atoms with Gasteiger partial charge in [-0.3, -0.25) is 0 Å². The molecule has 2 aliphatic rings. The molecule has 2 aliphatic carbocycles.